The number of rotatable bonds is 2. The zero-order valence-electron chi connectivity index (χ0n) is 10.1. The van der Waals surface area contributed by atoms with Gasteiger partial charge in [0.05, 0.1) is 5.41 Å². The molecule has 92 valence electrons. The number of primary amides is 1. The van der Waals surface area contributed by atoms with Crippen LogP contribution in [0.4, 0.5) is 11.8 Å². The largest absolute Gasteiger partial charge is 0.369 e. The highest BCUT2D eigenvalue weighted by Crippen LogP contribution is 2.32. The molecule has 0 radical (unpaired) electrons. The molecule has 4 N–H and O–H groups in total. The zero-order valence-corrected chi connectivity index (χ0v) is 10.1. The molecular formula is C11H17N5O. The summed E-state index contributed by atoms with van der Waals surface area (Å²) in [5, 5.41) is 0. The lowest BCUT2D eigenvalue weighted by Gasteiger charge is -2.21. The number of nitrogen functional groups attached to an aromatic ring is 1. The molecule has 0 aliphatic carbocycles. The van der Waals surface area contributed by atoms with Crippen molar-refractivity contribution in [3.63, 3.8) is 0 Å². The maximum Gasteiger partial charge on any atom is 0.225 e. The molecule has 1 aromatic heterocycles. The second-order valence-corrected chi connectivity index (χ2v) is 4.82. The lowest BCUT2D eigenvalue weighted by molar-refractivity contribution is -0.125. The number of aromatic nitrogens is 2. The monoisotopic (exact) mass is 235 g/mol. The van der Waals surface area contributed by atoms with E-state index in [1.165, 1.54) is 0 Å². The standard InChI is InChI=1S/C11H17N5O/c1-7-5-8(15-10(13)14-7)16-4-3-11(2,6-16)9(12)17/h5H,3-4,6H2,1-2H3,(H2,12,17)(H2,13,14,15). The van der Waals surface area contributed by atoms with E-state index in [-0.39, 0.29) is 11.9 Å². The fourth-order valence-corrected chi connectivity index (χ4v) is 2.09. The predicted octanol–water partition coefficient (Wildman–Crippen LogP) is 0.0689. The summed E-state index contributed by atoms with van der Waals surface area (Å²) in [4.78, 5) is 21.6. The van der Waals surface area contributed by atoms with Crippen LogP contribution in [0.1, 0.15) is 19.0 Å². The van der Waals surface area contributed by atoms with Crippen LogP contribution in [0.15, 0.2) is 6.07 Å². The molecule has 0 bridgehead atoms. The highest BCUT2D eigenvalue weighted by molar-refractivity contribution is 5.82. The van der Waals surface area contributed by atoms with Gasteiger partial charge in [-0.3, -0.25) is 4.79 Å². The Hall–Kier alpha value is -1.85. The van der Waals surface area contributed by atoms with Gasteiger partial charge in [0, 0.05) is 24.8 Å². The van der Waals surface area contributed by atoms with E-state index in [9.17, 15) is 4.79 Å². The van der Waals surface area contributed by atoms with Gasteiger partial charge in [-0.1, -0.05) is 0 Å². The minimum absolute atomic E-state index is 0.257. The van der Waals surface area contributed by atoms with Gasteiger partial charge in [0.1, 0.15) is 5.82 Å². The molecule has 0 spiro atoms. The molecule has 6 heteroatoms. The number of aryl methyl sites for hydroxylation is 1. The van der Waals surface area contributed by atoms with Crippen LogP contribution in [0.5, 0.6) is 0 Å². The van der Waals surface area contributed by atoms with Crippen LogP contribution in [0.3, 0.4) is 0 Å². The molecular weight excluding hydrogens is 218 g/mol. The summed E-state index contributed by atoms with van der Waals surface area (Å²) >= 11 is 0. The Balaban J connectivity index is 2.23. The molecule has 1 fully saturated rings. The van der Waals surface area contributed by atoms with E-state index in [1.54, 1.807) is 0 Å². The number of carbonyl (C=O) groups excluding carboxylic acids is 1. The van der Waals surface area contributed by atoms with E-state index in [2.05, 4.69) is 9.97 Å². The topological polar surface area (TPSA) is 98.1 Å². The molecule has 1 aromatic rings. The normalized spacial score (nSPS) is 24.0. The van der Waals surface area contributed by atoms with Crippen LogP contribution in [-0.4, -0.2) is 29.0 Å². The first-order chi connectivity index (χ1) is 7.90. The molecule has 1 aliphatic rings. The molecule has 1 saturated heterocycles. The predicted molar refractivity (Wildman–Crippen MR) is 65.3 cm³/mol. The van der Waals surface area contributed by atoms with Crippen LogP contribution in [0.25, 0.3) is 0 Å². The summed E-state index contributed by atoms with van der Waals surface area (Å²) in [5.74, 6) is 0.756. The van der Waals surface area contributed by atoms with Crippen molar-refractivity contribution < 1.29 is 4.79 Å². The number of carbonyl (C=O) groups is 1. The van der Waals surface area contributed by atoms with E-state index >= 15 is 0 Å². The van der Waals surface area contributed by atoms with E-state index in [1.807, 2.05) is 24.8 Å². The number of hydrogen-bond acceptors (Lipinski definition) is 5. The Kier molecular flexibility index (Phi) is 2.65. The molecule has 17 heavy (non-hydrogen) atoms. The van der Waals surface area contributed by atoms with Crippen molar-refractivity contribution >= 4 is 17.7 Å². The van der Waals surface area contributed by atoms with Crippen molar-refractivity contribution in [1.29, 1.82) is 0 Å². The summed E-state index contributed by atoms with van der Waals surface area (Å²) in [6.45, 7) is 5.09. The highest BCUT2D eigenvalue weighted by atomic mass is 16.1. The first-order valence-electron chi connectivity index (χ1n) is 5.57. The second-order valence-electron chi connectivity index (χ2n) is 4.82. The number of amides is 1. The number of anilines is 2. The first-order valence-corrected chi connectivity index (χ1v) is 5.57. The smallest absolute Gasteiger partial charge is 0.225 e. The van der Waals surface area contributed by atoms with Crippen molar-refractivity contribution in [2.24, 2.45) is 11.1 Å². The third-order valence-electron chi connectivity index (χ3n) is 3.25. The number of nitrogens with zero attached hydrogens (tertiary/aromatic N) is 3. The lowest BCUT2D eigenvalue weighted by atomic mass is 9.89. The van der Waals surface area contributed by atoms with Gasteiger partial charge in [-0.25, -0.2) is 4.98 Å². The van der Waals surface area contributed by atoms with Crippen LogP contribution in [0.2, 0.25) is 0 Å². The Morgan fingerprint density at radius 2 is 2.24 bits per heavy atom. The first kappa shape index (κ1) is 11.6. The maximum absolute atomic E-state index is 11.4. The summed E-state index contributed by atoms with van der Waals surface area (Å²) in [5.41, 5.74) is 11.4. The average Bonchev–Trinajstić information content (AvgIpc) is 2.61. The highest BCUT2D eigenvalue weighted by Gasteiger charge is 2.39. The van der Waals surface area contributed by atoms with E-state index in [0.717, 1.165) is 24.5 Å². The van der Waals surface area contributed by atoms with Crippen molar-refractivity contribution in [1.82, 2.24) is 9.97 Å². The molecule has 6 nitrogen and oxygen atoms in total. The van der Waals surface area contributed by atoms with Gasteiger partial charge >= 0.3 is 0 Å². The lowest BCUT2D eigenvalue weighted by Crippen LogP contribution is -2.37. The Morgan fingerprint density at radius 1 is 1.53 bits per heavy atom. The van der Waals surface area contributed by atoms with Gasteiger partial charge in [0.25, 0.3) is 0 Å². The fraction of sp³-hybridized carbons (Fsp3) is 0.545. The van der Waals surface area contributed by atoms with E-state index in [0.29, 0.717) is 6.54 Å². The average molecular weight is 235 g/mol. The molecule has 1 aliphatic heterocycles. The Morgan fingerprint density at radius 3 is 2.76 bits per heavy atom. The Bertz CT molecular complexity index is 441. The summed E-state index contributed by atoms with van der Waals surface area (Å²) in [7, 11) is 0. The minimum atomic E-state index is -0.479. The molecule has 1 atom stereocenters. The molecule has 0 aromatic carbocycles. The van der Waals surface area contributed by atoms with Gasteiger partial charge < -0.3 is 16.4 Å². The summed E-state index contributed by atoms with van der Waals surface area (Å²) < 4.78 is 0. The van der Waals surface area contributed by atoms with Crippen molar-refractivity contribution in [2.45, 2.75) is 20.3 Å². The third-order valence-corrected chi connectivity index (χ3v) is 3.25. The van der Waals surface area contributed by atoms with E-state index < -0.39 is 5.41 Å². The van der Waals surface area contributed by atoms with Gasteiger partial charge in [-0.15, -0.1) is 0 Å². The van der Waals surface area contributed by atoms with Gasteiger partial charge in [0.2, 0.25) is 11.9 Å². The van der Waals surface area contributed by atoms with Crippen LogP contribution < -0.4 is 16.4 Å². The number of nitrogens with two attached hydrogens (primary N) is 2. The molecule has 0 saturated carbocycles. The SMILES string of the molecule is Cc1cc(N2CCC(C)(C(N)=O)C2)nc(N)n1. The summed E-state index contributed by atoms with van der Waals surface area (Å²) in [6.07, 6.45) is 0.741. The molecule has 2 rings (SSSR count). The van der Waals surface area contributed by atoms with Crippen LogP contribution in [0, 0.1) is 12.3 Å². The molecule has 1 unspecified atom stereocenters. The van der Waals surface area contributed by atoms with Crippen molar-refractivity contribution in [3.8, 4) is 0 Å². The Labute approximate surface area is 100 Å². The van der Waals surface area contributed by atoms with Crippen LogP contribution in [-0.2, 0) is 4.79 Å². The number of hydrogen-bond donors (Lipinski definition) is 2. The van der Waals surface area contributed by atoms with E-state index in [4.69, 9.17) is 11.5 Å². The zero-order chi connectivity index (χ0) is 12.6. The van der Waals surface area contributed by atoms with Crippen molar-refractivity contribution in [2.75, 3.05) is 23.7 Å². The van der Waals surface area contributed by atoms with Gasteiger partial charge in [0.15, 0.2) is 0 Å². The fourth-order valence-electron chi connectivity index (χ4n) is 2.09. The quantitative estimate of drug-likeness (QED) is 0.755. The summed E-state index contributed by atoms with van der Waals surface area (Å²) in [6, 6.07) is 1.86. The van der Waals surface area contributed by atoms with Crippen LogP contribution >= 0.6 is 0 Å². The molecule has 2 heterocycles. The third kappa shape index (κ3) is 2.15. The van der Waals surface area contributed by atoms with Crippen molar-refractivity contribution in [3.05, 3.63) is 11.8 Å². The van der Waals surface area contributed by atoms with Gasteiger partial charge in [-0.2, -0.15) is 4.98 Å². The minimum Gasteiger partial charge on any atom is -0.369 e. The second kappa shape index (κ2) is 3.87. The van der Waals surface area contributed by atoms with Gasteiger partial charge in [-0.05, 0) is 20.3 Å². The molecule has 1 amide bonds. The maximum atomic E-state index is 11.4.